The monoisotopic (exact) mass is 356 g/mol. The van der Waals surface area contributed by atoms with Crippen molar-refractivity contribution < 1.29 is 19.6 Å². The third kappa shape index (κ3) is 2.25. The van der Waals surface area contributed by atoms with Crippen LogP contribution in [0.3, 0.4) is 0 Å². The molecule has 4 nitrogen and oxygen atoms in total. The molecule has 5 saturated carbocycles. The molecule has 1 aliphatic heterocycles. The van der Waals surface area contributed by atoms with Gasteiger partial charge >= 0.3 is 0 Å². The van der Waals surface area contributed by atoms with Gasteiger partial charge in [-0.3, -0.25) is 0 Å². The Hall–Kier alpha value is -1.10. The van der Waals surface area contributed by atoms with E-state index in [1.807, 2.05) is 12.1 Å². The summed E-state index contributed by atoms with van der Waals surface area (Å²) < 4.78 is 6.83. The van der Waals surface area contributed by atoms with Gasteiger partial charge in [-0.25, -0.2) is 0 Å². The lowest BCUT2D eigenvalue weighted by Gasteiger charge is -2.57. The van der Waals surface area contributed by atoms with E-state index in [1.54, 1.807) is 6.07 Å². The zero-order valence-electron chi connectivity index (χ0n) is 15.2. The minimum absolute atomic E-state index is 0.337. The predicted molar refractivity (Wildman–Crippen MR) is 95.1 cm³/mol. The van der Waals surface area contributed by atoms with Crippen molar-refractivity contribution in [1.82, 2.24) is 0 Å². The zero-order valence-corrected chi connectivity index (χ0v) is 15.2. The fourth-order valence-corrected chi connectivity index (χ4v) is 7.04. The SMILES string of the molecule is Oc1cccc(C2CCCC3(C2)OOC2(O3)C3CC4CC(C3)CC2C4)c1. The van der Waals surface area contributed by atoms with Crippen LogP contribution in [0, 0.1) is 23.7 Å². The lowest BCUT2D eigenvalue weighted by atomic mass is 9.53. The molecule has 1 aromatic rings. The van der Waals surface area contributed by atoms with Crippen molar-refractivity contribution in [1.29, 1.82) is 0 Å². The molecule has 1 heterocycles. The molecule has 6 fully saturated rings. The van der Waals surface area contributed by atoms with Gasteiger partial charge in [0.2, 0.25) is 11.6 Å². The van der Waals surface area contributed by atoms with Gasteiger partial charge < -0.3 is 9.84 Å². The van der Waals surface area contributed by atoms with Crippen LogP contribution < -0.4 is 0 Å². The van der Waals surface area contributed by atoms with Gasteiger partial charge in [0.1, 0.15) is 5.75 Å². The second-order valence-corrected chi connectivity index (χ2v) is 9.59. The molecule has 26 heavy (non-hydrogen) atoms. The van der Waals surface area contributed by atoms with Crippen LogP contribution >= 0.6 is 0 Å². The molecule has 1 aromatic carbocycles. The normalized spacial score (nSPS) is 49.3. The van der Waals surface area contributed by atoms with Gasteiger partial charge in [-0.1, -0.05) is 12.1 Å². The summed E-state index contributed by atoms with van der Waals surface area (Å²) in [4.78, 5) is 12.2. The van der Waals surface area contributed by atoms with E-state index >= 15 is 0 Å². The topological polar surface area (TPSA) is 47.9 Å². The van der Waals surface area contributed by atoms with Crippen molar-refractivity contribution in [2.45, 2.75) is 75.3 Å². The quantitative estimate of drug-likeness (QED) is 0.729. The number of phenolic OH excluding ortho intramolecular Hbond substituents is 1. The van der Waals surface area contributed by atoms with E-state index in [0.717, 1.165) is 37.5 Å². The summed E-state index contributed by atoms with van der Waals surface area (Å²) in [6.45, 7) is 0. The predicted octanol–water partition coefficient (Wildman–Crippen LogP) is 4.88. The molecule has 0 radical (unpaired) electrons. The summed E-state index contributed by atoms with van der Waals surface area (Å²) in [6.07, 6.45) is 10.4. The molecule has 5 aliphatic carbocycles. The van der Waals surface area contributed by atoms with Crippen LogP contribution in [0.25, 0.3) is 0 Å². The van der Waals surface area contributed by atoms with Crippen LogP contribution in [0.2, 0.25) is 0 Å². The summed E-state index contributed by atoms with van der Waals surface area (Å²) in [7, 11) is 0. The van der Waals surface area contributed by atoms with Crippen LogP contribution in [-0.4, -0.2) is 16.7 Å². The van der Waals surface area contributed by atoms with Gasteiger partial charge in [-0.05, 0) is 80.4 Å². The van der Waals surface area contributed by atoms with E-state index in [-0.39, 0.29) is 0 Å². The van der Waals surface area contributed by atoms with Crippen molar-refractivity contribution in [2.24, 2.45) is 23.7 Å². The minimum Gasteiger partial charge on any atom is -0.508 e. The number of rotatable bonds is 1. The van der Waals surface area contributed by atoms with Crippen LogP contribution in [0.1, 0.15) is 69.3 Å². The fourth-order valence-electron chi connectivity index (χ4n) is 7.04. The Morgan fingerprint density at radius 3 is 2.46 bits per heavy atom. The molecule has 1 N–H and O–H groups in total. The molecule has 2 spiro atoms. The molecule has 2 unspecified atom stereocenters. The molecule has 2 atom stereocenters. The lowest BCUT2D eigenvalue weighted by molar-refractivity contribution is -0.390. The van der Waals surface area contributed by atoms with Crippen molar-refractivity contribution >= 4 is 0 Å². The van der Waals surface area contributed by atoms with Gasteiger partial charge in [-0.15, -0.1) is 0 Å². The van der Waals surface area contributed by atoms with Gasteiger partial charge in [0.25, 0.3) is 0 Å². The molecule has 4 bridgehead atoms. The van der Waals surface area contributed by atoms with Crippen molar-refractivity contribution in [3.63, 3.8) is 0 Å². The van der Waals surface area contributed by atoms with Crippen molar-refractivity contribution in [3.8, 4) is 5.75 Å². The Morgan fingerprint density at radius 2 is 1.73 bits per heavy atom. The maximum Gasteiger partial charge on any atom is 0.210 e. The highest BCUT2D eigenvalue weighted by Crippen LogP contribution is 2.64. The lowest BCUT2D eigenvalue weighted by Crippen LogP contribution is -2.59. The highest BCUT2D eigenvalue weighted by Gasteiger charge is 2.66. The fraction of sp³-hybridized carbons (Fsp3) is 0.727. The van der Waals surface area contributed by atoms with Gasteiger partial charge in [0.05, 0.1) is 0 Å². The number of hydrogen-bond acceptors (Lipinski definition) is 4. The molecule has 0 amide bonds. The van der Waals surface area contributed by atoms with E-state index in [4.69, 9.17) is 14.5 Å². The Kier molecular flexibility index (Phi) is 3.34. The second kappa shape index (κ2) is 5.46. The number of ether oxygens (including phenoxy) is 1. The maximum absolute atomic E-state index is 9.85. The van der Waals surface area contributed by atoms with Gasteiger partial charge in [-0.2, -0.15) is 9.78 Å². The molecule has 6 aliphatic rings. The van der Waals surface area contributed by atoms with Gasteiger partial charge in [0.15, 0.2) is 0 Å². The Morgan fingerprint density at radius 1 is 0.962 bits per heavy atom. The molecule has 4 heteroatoms. The molecular formula is C22H28O4. The first-order valence-corrected chi connectivity index (χ1v) is 10.5. The molecule has 7 rings (SSSR count). The highest BCUT2D eigenvalue weighted by atomic mass is 17.3. The van der Waals surface area contributed by atoms with Crippen LogP contribution in [-0.2, 0) is 14.5 Å². The third-order valence-electron chi connectivity index (χ3n) is 7.95. The standard InChI is InChI=1S/C22H28O4/c23-20-5-1-3-16(12-20)17-4-2-6-21(13-17)24-22(26-25-21)18-8-14-7-15(10-18)11-19(22)9-14/h1,3,5,12,14-15,17-19,23H,2,4,6-11,13H2. The molecule has 1 saturated heterocycles. The van der Waals surface area contributed by atoms with E-state index in [2.05, 4.69) is 6.07 Å². The third-order valence-corrected chi connectivity index (χ3v) is 7.95. The number of phenols is 1. The number of aromatic hydroxyl groups is 1. The van der Waals surface area contributed by atoms with Crippen molar-refractivity contribution in [2.75, 3.05) is 0 Å². The van der Waals surface area contributed by atoms with E-state index in [9.17, 15) is 5.11 Å². The summed E-state index contributed by atoms with van der Waals surface area (Å²) >= 11 is 0. The first-order valence-electron chi connectivity index (χ1n) is 10.5. The zero-order chi connectivity index (χ0) is 17.4. The van der Waals surface area contributed by atoms with E-state index < -0.39 is 11.6 Å². The van der Waals surface area contributed by atoms with Crippen LogP contribution in [0.4, 0.5) is 0 Å². The summed E-state index contributed by atoms with van der Waals surface area (Å²) in [5.41, 5.74) is 1.18. The molecule has 140 valence electrons. The average molecular weight is 356 g/mol. The first kappa shape index (κ1) is 15.9. The Balaban J connectivity index is 1.26. The van der Waals surface area contributed by atoms with E-state index in [1.165, 1.54) is 37.7 Å². The molecule has 0 aromatic heterocycles. The van der Waals surface area contributed by atoms with E-state index in [0.29, 0.717) is 23.5 Å². The summed E-state index contributed by atoms with van der Waals surface area (Å²) in [6, 6.07) is 7.66. The summed E-state index contributed by atoms with van der Waals surface area (Å²) in [5, 5.41) is 9.85. The average Bonchev–Trinajstić information content (AvgIpc) is 2.99. The molecular weight excluding hydrogens is 328 g/mol. The smallest absolute Gasteiger partial charge is 0.210 e. The van der Waals surface area contributed by atoms with Gasteiger partial charge in [0, 0.05) is 24.7 Å². The van der Waals surface area contributed by atoms with Crippen LogP contribution in [0.5, 0.6) is 5.75 Å². The highest BCUT2D eigenvalue weighted by molar-refractivity contribution is 5.30. The number of benzene rings is 1. The summed E-state index contributed by atoms with van der Waals surface area (Å²) in [5.74, 6) is 2.42. The minimum atomic E-state index is -0.594. The Labute approximate surface area is 154 Å². The number of hydrogen-bond donors (Lipinski definition) is 1. The first-order chi connectivity index (χ1) is 12.6. The maximum atomic E-state index is 9.85. The largest absolute Gasteiger partial charge is 0.508 e. The second-order valence-electron chi connectivity index (χ2n) is 9.59. The van der Waals surface area contributed by atoms with Crippen molar-refractivity contribution in [3.05, 3.63) is 29.8 Å². The Bertz CT molecular complexity index is 688. The van der Waals surface area contributed by atoms with Crippen LogP contribution in [0.15, 0.2) is 24.3 Å².